The number of hydrogen-bond donors (Lipinski definition) is 1. The maximum Gasteiger partial charge on any atom is 0.0483 e. The molecular formula is C17H25N3. The Morgan fingerprint density at radius 2 is 1.95 bits per heavy atom. The molecule has 2 N–H and O–H groups in total. The highest BCUT2D eigenvalue weighted by Crippen LogP contribution is 2.29. The molecule has 20 heavy (non-hydrogen) atoms. The van der Waals surface area contributed by atoms with Gasteiger partial charge in [0.25, 0.3) is 0 Å². The molecule has 1 aromatic carbocycles. The smallest absolute Gasteiger partial charge is 0.0483 e. The van der Waals surface area contributed by atoms with E-state index in [4.69, 9.17) is 5.73 Å². The van der Waals surface area contributed by atoms with Crippen LogP contribution in [0.3, 0.4) is 0 Å². The van der Waals surface area contributed by atoms with Crippen LogP contribution in [0.25, 0.3) is 10.9 Å². The number of rotatable bonds is 2. The van der Waals surface area contributed by atoms with Crippen LogP contribution in [-0.2, 0) is 18.5 Å². The summed E-state index contributed by atoms with van der Waals surface area (Å²) in [4.78, 5) is 2.44. The Kier molecular flexibility index (Phi) is 3.35. The van der Waals surface area contributed by atoms with Crippen LogP contribution in [0.1, 0.15) is 32.0 Å². The van der Waals surface area contributed by atoms with Crippen molar-refractivity contribution in [3.05, 3.63) is 35.5 Å². The maximum absolute atomic E-state index is 5.67. The number of aromatic nitrogens is 1. The number of hydrogen-bond acceptors (Lipinski definition) is 2. The van der Waals surface area contributed by atoms with Gasteiger partial charge in [-0.25, -0.2) is 0 Å². The quantitative estimate of drug-likeness (QED) is 0.911. The summed E-state index contributed by atoms with van der Waals surface area (Å²) in [5.74, 6) is 0. The summed E-state index contributed by atoms with van der Waals surface area (Å²) in [5.41, 5.74) is 10.1. The molecule has 0 saturated heterocycles. The van der Waals surface area contributed by atoms with Gasteiger partial charge in [0.05, 0.1) is 0 Å². The fourth-order valence-corrected chi connectivity index (χ4v) is 3.11. The van der Waals surface area contributed by atoms with Crippen LogP contribution in [0, 0.1) is 0 Å². The van der Waals surface area contributed by atoms with Crippen molar-refractivity contribution in [2.24, 2.45) is 5.73 Å². The SMILES string of the molecule is CC(C)(C)c1ccc2c(c1)cc1n2CCN(CCN)C1. The van der Waals surface area contributed by atoms with E-state index in [2.05, 4.69) is 54.5 Å². The van der Waals surface area contributed by atoms with Gasteiger partial charge in [0.15, 0.2) is 0 Å². The Labute approximate surface area is 121 Å². The highest BCUT2D eigenvalue weighted by atomic mass is 15.2. The van der Waals surface area contributed by atoms with Crippen LogP contribution in [0.15, 0.2) is 24.3 Å². The van der Waals surface area contributed by atoms with Crippen LogP contribution in [0.5, 0.6) is 0 Å². The topological polar surface area (TPSA) is 34.2 Å². The molecule has 0 fully saturated rings. The minimum atomic E-state index is 0.211. The molecule has 0 saturated carbocycles. The van der Waals surface area contributed by atoms with E-state index in [0.29, 0.717) is 0 Å². The first-order chi connectivity index (χ1) is 9.49. The van der Waals surface area contributed by atoms with Crippen molar-refractivity contribution in [3.8, 4) is 0 Å². The van der Waals surface area contributed by atoms with E-state index < -0.39 is 0 Å². The third kappa shape index (κ3) is 2.36. The number of nitrogens with two attached hydrogens (primary N) is 1. The molecule has 0 bridgehead atoms. The summed E-state index contributed by atoms with van der Waals surface area (Å²) in [6.07, 6.45) is 0. The van der Waals surface area contributed by atoms with Crippen molar-refractivity contribution in [1.82, 2.24) is 9.47 Å². The lowest BCUT2D eigenvalue weighted by Gasteiger charge is -2.28. The second-order valence-corrected chi connectivity index (χ2v) is 6.88. The maximum atomic E-state index is 5.67. The van der Waals surface area contributed by atoms with Crippen LogP contribution in [-0.4, -0.2) is 29.1 Å². The molecule has 0 unspecified atom stereocenters. The average molecular weight is 271 g/mol. The van der Waals surface area contributed by atoms with E-state index in [-0.39, 0.29) is 5.41 Å². The molecule has 0 amide bonds. The lowest BCUT2D eigenvalue weighted by molar-refractivity contribution is 0.229. The van der Waals surface area contributed by atoms with Gasteiger partial charge >= 0.3 is 0 Å². The van der Waals surface area contributed by atoms with E-state index in [1.54, 1.807) is 0 Å². The van der Waals surface area contributed by atoms with Crippen molar-refractivity contribution in [2.45, 2.75) is 39.3 Å². The van der Waals surface area contributed by atoms with E-state index in [1.807, 2.05) is 0 Å². The van der Waals surface area contributed by atoms with Crippen molar-refractivity contribution >= 4 is 10.9 Å². The molecule has 0 spiro atoms. The van der Waals surface area contributed by atoms with E-state index in [0.717, 1.165) is 32.7 Å². The molecule has 0 radical (unpaired) electrons. The molecule has 0 aliphatic carbocycles. The second kappa shape index (κ2) is 4.90. The Hall–Kier alpha value is -1.32. The van der Waals surface area contributed by atoms with Gasteiger partial charge in [0, 0.05) is 49.3 Å². The first-order valence-corrected chi connectivity index (χ1v) is 7.54. The zero-order valence-corrected chi connectivity index (χ0v) is 12.8. The monoisotopic (exact) mass is 271 g/mol. The zero-order valence-electron chi connectivity index (χ0n) is 12.8. The van der Waals surface area contributed by atoms with Gasteiger partial charge < -0.3 is 10.3 Å². The molecule has 3 nitrogen and oxygen atoms in total. The fourth-order valence-electron chi connectivity index (χ4n) is 3.11. The molecule has 2 aromatic rings. The molecule has 2 heterocycles. The summed E-state index contributed by atoms with van der Waals surface area (Å²) >= 11 is 0. The molecule has 0 atom stereocenters. The Morgan fingerprint density at radius 1 is 1.15 bits per heavy atom. The van der Waals surface area contributed by atoms with Crippen LogP contribution < -0.4 is 5.73 Å². The highest BCUT2D eigenvalue weighted by Gasteiger charge is 2.20. The summed E-state index contributed by atoms with van der Waals surface area (Å²) in [7, 11) is 0. The van der Waals surface area contributed by atoms with Crippen molar-refractivity contribution in [1.29, 1.82) is 0 Å². The molecule has 3 rings (SSSR count). The molecule has 108 valence electrons. The lowest BCUT2D eigenvalue weighted by atomic mass is 9.86. The average Bonchev–Trinajstić information content (AvgIpc) is 2.74. The van der Waals surface area contributed by atoms with Crippen LogP contribution in [0.2, 0.25) is 0 Å². The van der Waals surface area contributed by atoms with E-state index in [9.17, 15) is 0 Å². The Bertz CT molecular complexity index is 619. The minimum Gasteiger partial charge on any atom is -0.342 e. The van der Waals surface area contributed by atoms with Gasteiger partial charge in [-0.1, -0.05) is 26.8 Å². The molecule has 1 aromatic heterocycles. The third-order valence-electron chi connectivity index (χ3n) is 4.32. The van der Waals surface area contributed by atoms with Crippen molar-refractivity contribution < 1.29 is 0 Å². The Morgan fingerprint density at radius 3 is 2.65 bits per heavy atom. The summed E-state index contributed by atoms with van der Waals surface area (Å²) in [5, 5.41) is 1.38. The highest BCUT2D eigenvalue weighted by molar-refractivity contribution is 5.82. The van der Waals surface area contributed by atoms with Crippen molar-refractivity contribution in [2.75, 3.05) is 19.6 Å². The van der Waals surface area contributed by atoms with Gasteiger partial charge in [-0.3, -0.25) is 4.90 Å². The summed E-state index contributed by atoms with van der Waals surface area (Å²) < 4.78 is 2.47. The number of fused-ring (bicyclic) bond motifs is 3. The molecule has 3 heteroatoms. The van der Waals surface area contributed by atoms with Gasteiger partial charge in [0.2, 0.25) is 0 Å². The molecule has 1 aliphatic heterocycles. The second-order valence-electron chi connectivity index (χ2n) is 6.88. The van der Waals surface area contributed by atoms with E-state index >= 15 is 0 Å². The zero-order chi connectivity index (χ0) is 14.3. The van der Waals surface area contributed by atoms with Gasteiger partial charge in [-0.05, 0) is 29.2 Å². The minimum absolute atomic E-state index is 0.211. The predicted octanol–water partition coefficient (Wildman–Crippen LogP) is 2.71. The number of nitrogens with zero attached hydrogens (tertiary/aromatic N) is 2. The van der Waals surface area contributed by atoms with Crippen molar-refractivity contribution in [3.63, 3.8) is 0 Å². The third-order valence-corrected chi connectivity index (χ3v) is 4.32. The first kappa shape index (κ1) is 13.7. The molecular weight excluding hydrogens is 246 g/mol. The van der Waals surface area contributed by atoms with Gasteiger partial charge in [0.1, 0.15) is 0 Å². The van der Waals surface area contributed by atoms with Crippen LogP contribution >= 0.6 is 0 Å². The van der Waals surface area contributed by atoms with Gasteiger partial charge in [-0.15, -0.1) is 0 Å². The van der Waals surface area contributed by atoms with Gasteiger partial charge in [-0.2, -0.15) is 0 Å². The first-order valence-electron chi connectivity index (χ1n) is 7.54. The van der Waals surface area contributed by atoms with E-state index in [1.165, 1.54) is 22.2 Å². The summed E-state index contributed by atoms with van der Waals surface area (Å²) in [6, 6.07) is 9.28. The Balaban J connectivity index is 2.00. The largest absolute Gasteiger partial charge is 0.342 e. The predicted molar refractivity (Wildman–Crippen MR) is 85.0 cm³/mol. The lowest BCUT2D eigenvalue weighted by Crippen LogP contribution is -2.36. The number of benzene rings is 1. The molecule has 1 aliphatic rings. The standard InChI is InChI=1S/C17H25N3/c1-17(2,3)14-4-5-16-13(10-14)11-15-12-19(7-6-18)8-9-20(15)16/h4-5,10-11H,6-9,12,18H2,1-3H3. The van der Waals surface area contributed by atoms with Crippen LogP contribution in [0.4, 0.5) is 0 Å². The summed E-state index contributed by atoms with van der Waals surface area (Å²) in [6.45, 7) is 11.8. The normalized spacial score (nSPS) is 16.6. The fraction of sp³-hybridized carbons (Fsp3) is 0.529.